The first-order valence-electron chi connectivity index (χ1n) is 3.31. The van der Waals surface area contributed by atoms with Crippen molar-refractivity contribution < 1.29 is 10.0 Å². The number of hydrogen-bond acceptors (Lipinski definition) is 4. The van der Waals surface area contributed by atoms with Crippen molar-refractivity contribution in [2.24, 2.45) is 0 Å². The summed E-state index contributed by atoms with van der Waals surface area (Å²) in [6.45, 7) is 0. The SMILES string of the molecule is N#Cc1cc(B(O)O)ccc1N. The Hall–Kier alpha value is -1.51. The molecular weight excluding hydrogens is 155 g/mol. The number of nitrogens with two attached hydrogens (primary N) is 1. The first kappa shape index (κ1) is 8.59. The van der Waals surface area contributed by atoms with Crippen LogP contribution in [0.15, 0.2) is 18.2 Å². The zero-order valence-corrected chi connectivity index (χ0v) is 6.23. The fraction of sp³-hybridized carbons (Fsp3) is 0. The maximum Gasteiger partial charge on any atom is 0.488 e. The molecule has 0 aliphatic rings. The lowest BCUT2D eigenvalue weighted by Gasteiger charge is -2.01. The van der Waals surface area contributed by atoms with Crippen LogP contribution in [-0.4, -0.2) is 17.2 Å². The minimum atomic E-state index is -1.56. The van der Waals surface area contributed by atoms with Gasteiger partial charge in [-0.3, -0.25) is 0 Å². The van der Waals surface area contributed by atoms with Crippen LogP contribution in [0.1, 0.15) is 5.56 Å². The van der Waals surface area contributed by atoms with Crippen LogP contribution in [0.25, 0.3) is 0 Å². The van der Waals surface area contributed by atoms with Crippen LogP contribution in [0.5, 0.6) is 0 Å². The van der Waals surface area contributed by atoms with E-state index in [0.29, 0.717) is 5.69 Å². The smallest absolute Gasteiger partial charge is 0.423 e. The van der Waals surface area contributed by atoms with Gasteiger partial charge in [-0.1, -0.05) is 6.07 Å². The molecule has 0 heterocycles. The van der Waals surface area contributed by atoms with Gasteiger partial charge in [-0.25, -0.2) is 0 Å². The summed E-state index contributed by atoms with van der Waals surface area (Å²) in [7, 11) is -1.56. The van der Waals surface area contributed by atoms with Crippen molar-refractivity contribution in [3.05, 3.63) is 23.8 Å². The molecule has 0 saturated carbocycles. The minimum Gasteiger partial charge on any atom is -0.423 e. The van der Waals surface area contributed by atoms with Crippen molar-refractivity contribution >= 4 is 18.3 Å². The highest BCUT2D eigenvalue weighted by Crippen LogP contribution is 2.06. The molecule has 0 saturated heterocycles. The molecule has 4 N–H and O–H groups in total. The van der Waals surface area contributed by atoms with Gasteiger partial charge in [-0.05, 0) is 17.6 Å². The molecule has 0 aliphatic heterocycles. The lowest BCUT2D eigenvalue weighted by molar-refractivity contribution is 0.426. The quantitative estimate of drug-likeness (QED) is 0.358. The molecule has 5 heteroatoms. The molecule has 1 rings (SSSR count). The van der Waals surface area contributed by atoms with Gasteiger partial charge in [0.05, 0.1) is 5.56 Å². The Morgan fingerprint density at radius 3 is 2.58 bits per heavy atom. The van der Waals surface area contributed by atoms with Gasteiger partial charge in [0.25, 0.3) is 0 Å². The maximum absolute atomic E-state index is 8.74. The number of hydrogen-bond donors (Lipinski definition) is 3. The molecule has 0 fully saturated rings. The summed E-state index contributed by atoms with van der Waals surface area (Å²) in [6, 6.07) is 6.12. The summed E-state index contributed by atoms with van der Waals surface area (Å²) in [6.07, 6.45) is 0. The number of nitrogens with zero attached hydrogens (tertiary/aromatic N) is 1. The second-order valence-corrected chi connectivity index (χ2v) is 2.33. The zero-order valence-electron chi connectivity index (χ0n) is 6.23. The highest BCUT2D eigenvalue weighted by atomic mass is 16.4. The average molecular weight is 162 g/mol. The van der Waals surface area contributed by atoms with Crippen molar-refractivity contribution in [2.75, 3.05) is 5.73 Å². The summed E-state index contributed by atoms with van der Waals surface area (Å²) in [5, 5.41) is 26.0. The van der Waals surface area contributed by atoms with E-state index < -0.39 is 7.12 Å². The van der Waals surface area contributed by atoms with E-state index >= 15 is 0 Å². The van der Waals surface area contributed by atoms with E-state index in [2.05, 4.69) is 0 Å². The molecule has 0 unspecified atom stereocenters. The normalized spacial score (nSPS) is 9.08. The molecule has 0 radical (unpaired) electrons. The molecule has 0 amide bonds. The number of anilines is 1. The van der Waals surface area contributed by atoms with Crippen LogP contribution in [0, 0.1) is 11.3 Å². The summed E-state index contributed by atoms with van der Waals surface area (Å²) >= 11 is 0. The van der Waals surface area contributed by atoms with Gasteiger partial charge in [0.2, 0.25) is 0 Å². The van der Waals surface area contributed by atoms with Gasteiger partial charge in [-0.15, -0.1) is 0 Å². The highest BCUT2D eigenvalue weighted by Gasteiger charge is 2.11. The molecule has 4 nitrogen and oxygen atoms in total. The third-order valence-corrected chi connectivity index (χ3v) is 1.50. The fourth-order valence-electron chi connectivity index (χ4n) is 0.831. The summed E-state index contributed by atoms with van der Waals surface area (Å²) in [5.74, 6) is 0. The van der Waals surface area contributed by atoms with Crippen LogP contribution in [-0.2, 0) is 0 Å². The molecule has 60 valence electrons. The monoisotopic (exact) mass is 162 g/mol. The van der Waals surface area contributed by atoms with Crippen LogP contribution in [0.3, 0.4) is 0 Å². The van der Waals surface area contributed by atoms with Crippen molar-refractivity contribution in [3.63, 3.8) is 0 Å². The van der Waals surface area contributed by atoms with E-state index in [1.807, 2.05) is 6.07 Å². The van der Waals surface area contributed by atoms with Gasteiger partial charge in [0.15, 0.2) is 0 Å². The molecule has 0 spiro atoms. The topological polar surface area (TPSA) is 90.3 Å². The Balaban J connectivity index is 3.16. The summed E-state index contributed by atoms with van der Waals surface area (Å²) in [5.41, 5.74) is 6.26. The number of benzene rings is 1. The van der Waals surface area contributed by atoms with Gasteiger partial charge in [0.1, 0.15) is 6.07 Å². The Kier molecular flexibility index (Phi) is 2.33. The molecule has 12 heavy (non-hydrogen) atoms. The Morgan fingerprint density at radius 2 is 2.08 bits per heavy atom. The van der Waals surface area contributed by atoms with Gasteiger partial charge in [0, 0.05) is 5.69 Å². The molecule has 0 aliphatic carbocycles. The molecule has 0 bridgehead atoms. The molecule has 1 aromatic rings. The summed E-state index contributed by atoms with van der Waals surface area (Å²) < 4.78 is 0. The van der Waals surface area contributed by atoms with Crippen molar-refractivity contribution in [1.29, 1.82) is 5.26 Å². The fourth-order valence-corrected chi connectivity index (χ4v) is 0.831. The zero-order chi connectivity index (χ0) is 9.14. The van der Waals surface area contributed by atoms with E-state index in [1.165, 1.54) is 18.2 Å². The lowest BCUT2D eigenvalue weighted by Crippen LogP contribution is -2.29. The van der Waals surface area contributed by atoms with Crippen molar-refractivity contribution in [3.8, 4) is 6.07 Å². The average Bonchev–Trinajstić information content (AvgIpc) is 2.05. The Morgan fingerprint density at radius 1 is 1.42 bits per heavy atom. The lowest BCUT2D eigenvalue weighted by atomic mass is 9.79. The highest BCUT2D eigenvalue weighted by molar-refractivity contribution is 6.58. The standard InChI is InChI=1S/C7H7BN2O2/c9-4-5-3-6(8(11)12)1-2-7(5)10/h1-3,11-12H,10H2. The molecule has 0 atom stereocenters. The second-order valence-electron chi connectivity index (χ2n) is 2.33. The minimum absolute atomic E-state index is 0.251. The van der Waals surface area contributed by atoms with Crippen LogP contribution in [0.4, 0.5) is 5.69 Å². The predicted octanol–water partition coefficient (Wildman–Crippen LogP) is -1.18. The number of rotatable bonds is 1. The Labute approximate surface area is 70.0 Å². The molecule has 0 aromatic heterocycles. The second kappa shape index (κ2) is 3.26. The largest absolute Gasteiger partial charge is 0.488 e. The summed E-state index contributed by atoms with van der Waals surface area (Å²) in [4.78, 5) is 0. The third-order valence-electron chi connectivity index (χ3n) is 1.50. The van der Waals surface area contributed by atoms with E-state index in [1.54, 1.807) is 0 Å². The number of nitrogen functional groups attached to an aromatic ring is 1. The van der Waals surface area contributed by atoms with Crippen LogP contribution < -0.4 is 11.2 Å². The van der Waals surface area contributed by atoms with Gasteiger partial charge >= 0.3 is 7.12 Å². The van der Waals surface area contributed by atoms with E-state index in [4.69, 9.17) is 21.0 Å². The molecule has 1 aromatic carbocycles. The van der Waals surface area contributed by atoms with E-state index in [0.717, 1.165) is 0 Å². The van der Waals surface area contributed by atoms with Gasteiger partial charge in [-0.2, -0.15) is 5.26 Å². The van der Waals surface area contributed by atoms with Crippen molar-refractivity contribution in [1.82, 2.24) is 0 Å². The first-order chi connectivity index (χ1) is 5.65. The van der Waals surface area contributed by atoms with E-state index in [9.17, 15) is 0 Å². The maximum atomic E-state index is 8.74. The van der Waals surface area contributed by atoms with Gasteiger partial charge < -0.3 is 15.8 Å². The molecular formula is C7H7BN2O2. The van der Waals surface area contributed by atoms with Crippen LogP contribution in [0.2, 0.25) is 0 Å². The van der Waals surface area contributed by atoms with Crippen molar-refractivity contribution in [2.45, 2.75) is 0 Å². The van der Waals surface area contributed by atoms with E-state index in [-0.39, 0.29) is 11.0 Å². The predicted molar refractivity (Wildman–Crippen MR) is 45.4 cm³/mol. The Bertz CT molecular complexity index is 333. The third kappa shape index (κ3) is 1.56. The number of nitriles is 1. The first-order valence-corrected chi connectivity index (χ1v) is 3.31. The van der Waals surface area contributed by atoms with Crippen LogP contribution >= 0.6 is 0 Å².